The van der Waals surface area contributed by atoms with E-state index in [9.17, 15) is 14.4 Å². The number of carbonyl (C=O) groups excluding carboxylic acids is 3. The zero-order valence-corrected chi connectivity index (χ0v) is 14.6. The topological polar surface area (TPSA) is 78.5 Å². The van der Waals surface area contributed by atoms with Gasteiger partial charge in [0.15, 0.2) is 0 Å². The summed E-state index contributed by atoms with van der Waals surface area (Å²) in [6.45, 7) is 3.52. The lowest BCUT2D eigenvalue weighted by Gasteiger charge is -2.12. The Morgan fingerprint density at radius 3 is 2.46 bits per heavy atom. The van der Waals surface area contributed by atoms with E-state index in [4.69, 9.17) is 0 Å². The molecule has 2 aromatic rings. The van der Waals surface area contributed by atoms with Gasteiger partial charge in [0.05, 0.1) is 0 Å². The van der Waals surface area contributed by atoms with Crippen molar-refractivity contribution in [1.29, 1.82) is 0 Å². The van der Waals surface area contributed by atoms with Crippen LogP contribution in [0.2, 0.25) is 0 Å². The molecule has 2 N–H and O–H groups in total. The van der Waals surface area contributed by atoms with E-state index < -0.39 is 17.8 Å². The third-order valence-electron chi connectivity index (χ3n) is 4.09. The lowest BCUT2D eigenvalue weighted by Crippen LogP contribution is -2.38. The molecule has 0 spiro atoms. The van der Waals surface area contributed by atoms with Gasteiger partial charge in [-0.15, -0.1) is 0 Å². The van der Waals surface area contributed by atoms with E-state index in [1.807, 2.05) is 50.2 Å². The van der Waals surface area contributed by atoms with Crippen LogP contribution in [0.15, 0.2) is 54.2 Å². The van der Waals surface area contributed by atoms with Gasteiger partial charge in [0.1, 0.15) is 12.2 Å². The van der Waals surface area contributed by atoms with Crippen molar-refractivity contribution in [3.05, 3.63) is 70.9 Å². The molecule has 2 aromatic carbocycles. The molecule has 1 heterocycles. The fraction of sp³-hybridized carbons (Fsp3) is 0.150. The van der Waals surface area contributed by atoms with Crippen LogP contribution >= 0.6 is 0 Å². The number of benzene rings is 2. The van der Waals surface area contributed by atoms with Gasteiger partial charge in [-0.3, -0.25) is 9.59 Å². The number of rotatable bonds is 4. The molecular formula is C20H19N3O3. The summed E-state index contributed by atoms with van der Waals surface area (Å²) in [7, 11) is 0. The lowest BCUT2D eigenvalue weighted by molar-refractivity contribution is -0.127. The van der Waals surface area contributed by atoms with Gasteiger partial charge >= 0.3 is 6.03 Å². The zero-order valence-electron chi connectivity index (χ0n) is 14.6. The number of imide groups is 1. The van der Waals surface area contributed by atoms with E-state index in [0.29, 0.717) is 5.69 Å². The van der Waals surface area contributed by atoms with E-state index >= 15 is 0 Å². The van der Waals surface area contributed by atoms with Crippen LogP contribution in [0.25, 0.3) is 6.08 Å². The maximum atomic E-state index is 12.5. The number of anilines is 1. The summed E-state index contributed by atoms with van der Waals surface area (Å²) >= 11 is 0. The number of hydrogen-bond acceptors (Lipinski definition) is 3. The van der Waals surface area contributed by atoms with Crippen molar-refractivity contribution in [3.8, 4) is 0 Å². The molecule has 0 aromatic heterocycles. The second kappa shape index (κ2) is 7.23. The highest BCUT2D eigenvalue weighted by molar-refractivity contribution is 6.16. The van der Waals surface area contributed by atoms with Gasteiger partial charge < -0.3 is 10.6 Å². The second-order valence-electron chi connectivity index (χ2n) is 6.15. The zero-order chi connectivity index (χ0) is 18.7. The molecule has 0 unspecified atom stereocenters. The van der Waals surface area contributed by atoms with E-state index in [0.717, 1.165) is 21.6 Å². The second-order valence-corrected chi connectivity index (χ2v) is 6.15. The molecule has 1 fully saturated rings. The Morgan fingerprint density at radius 2 is 1.77 bits per heavy atom. The molecular weight excluding hydrogens is 330 g/mol. The van der Waals surface area contributed by atoms with Crippen LogP contribution in [0.5, 0.6) is 0 Å². The fourth-order valence-corrected chi connectivity index (χ4v) is 2.60. The van der Waals surface area contributed by atoms with Crippen molar-refractivity contribution in [2.75, 3.05) is 11.9 Å². The molecule has 132 valence electrons. The van der Waals surface area contributed by atoms with E-state index in [1.165, 1.54) is 0 Å². The van der Waals surface area contributed by atoms with Gasteiger partial charge in [-0.1, -0.05) is 42.0 Å². The summed E-state index contributed by atoms with van der Waals surface area (Å²) in [5, 5.41) is 5.20. The van der Waals surface area contributed by atoms with Crippen LogP contribution < -0.4 is 10.6 Å². The first-order chi connectivity index (χ1) is 12.4. The minimum atomic E-state index is -0.603. The molecule has 0 bridgehead atoms. The van der Waals surface area contributed by atoms with Crippen LogP contribution in [-0.2, 0) is 9.59 Å². The molecule has 0 atom stereocenters. The SMILES string of the molecule is Cc1ccc(NC(=O)CN2C(=O)N/C(=C\c3ccccc3C)C2=O)cc1. The normalized spacial score (nSPS) is 15.3. The molecule has 0 saturated carbocycles. The molecule has 6 heteroatoms. The van der Waals surface area contributed by atoms with Gasteiger partial charge in [-0.05, 0) is 43.2 Å². The van der Waals surface area contributed by atoms with Gasteiger partial charge in [0, 0.05) is 5.69 Å². The highest BCUT2D eigenvalue weighted by Crippen LogP contribution is 2.17. The number of aryl methyl sites for hydroxylation is 2. The maximum absolute atomic E-state index is 12.5. The van der Waals surface area contributed by atoms with E-state index in [1.54, 1.807) is 18.2 Å². The number of urea groups is 1. The fourth-order valence-electron chi connectivity index (χ4n) is 2.60. The van der Waals surface area contributed by atoms with E-state index in [2.05, 4.69) is 10.6 Å². The smallest absolute Gasteiger partial charge is 0.325 e. The molecule has 4 amide bonds. The highest BCUT2D eigenvalue weighted by atomic mass is 16.2. The van der Waals surface area contributed by atoms with Crippen molar-refractivity contribution >= 4 is 29.6 Å². The van der Waals surface area contributed by atoms with Crippen molar-refractivity contribution in [2.24, 2.45) is 0 Å². The van der Waals surface area contributed by atoms with Gasteiger partial charge in [0.2, 0.25) is 5.91 Å². The number of hydrogen-bond donors (Lipinski definition) is 2. The summed E-state index contributed by atoms with van der Waals surface area (Å²) in [6, 6.07) is 14.2. The van der Waals surface area contributed by atoms with Crippen molar-refractivity contribution in [2.45, 2.75) is 13.8 Å². The van der Waals surface area contributed by atoms with Gasteiger partial charge in [-0.25, -0.2) is 9.69 Å². The van der Waals surface area contributed by atoms with Crippen molar-refractivity contribution < 1.29 is 14.4 Å². The largest absolute Gasteiger partial charge is 0.329 e. The van der Waals surface area contributed by atoms with Gasteiger partial charge in [-0.2, -0.15) is 0 Å². The first-order valence-electron chi connectivity index (χ1n) is 8.21. The average Bonchev–Trinajstić information content (AvgIpc) is 2.86. The maximum Gasteiger partial charge on any atom is 0.329 e. The molecule has 26 heavy (non-hydrogen) atoms. The van der Waals surface area contributed by atoms with Crippen LogP contribution in [0.3, 0.4) is 0 Å². The molecule has 1 saturated heterocycles. The first-order valence-corrected chi connectivity index (χ1v) is 8.21. The summed E-state index contributed by atoms with van der Waals surface area (Å²) in [4.78, 5) is 37.6. The predicted molar refractivity (Wildman–Crippen MR) is 99.2 cm³/mol. The van der Waals surface area contributed by atoms with Crippen LogP contribution in [-0.4, -0.2) is 29.3 Å². The standard InChI is InChI=1S/C20H19N3O3/c1-13-7-9-16(10-8-13)21-18(24)12-23-19(25)17(22-20(23)26)11-15-6-4-3-5-14(15)2/h3-11H,12H2,1-2H3,(H,21,24)(H,22,26)/b17-11-. The Kier molecular flexibility index (Phi) is 4.84. The summed E-state index contributed by atoms with van der Waals surface area (Å²) < 4.78 is 0. The molecule has 0 radical (unpaired) electrons. The minimum Gasteiger partial charge on any atom is -0.325 e. The predicted octanol–water partition coefficient (Wildman–Crippen LogP) is 2.83. The Hall–Kier alpha value is -3.41. The van der Waals surface area contributed by atoms with Crippen LogP contribution in [0.4, 0.5) is 10.5 Å². The van der Waals surface area contributed by atoms with Gasteiger partial charge in [0.25, 0.3) is 5.91 Å². The Labute approximate surface area is 151 Å². The first kappa shape index (κ1) is 17.4. The molecule has 6 nitrogen and oxygen atoms in total. The number of amides is 4. The lowest BCUT2D eigenvalue weighted by atomic mass is 10.1. The Morgan fingerprint density at radius 1 is 1.08 bits per heavy atom. The molecule has 1 aliphatic heterocycles. The van der Waals surface area contributed by atoms with Crippen LogP contribution in [0.1, 0.15) is 16.7 Å². The molecule has 3 rings (SSSR count). The third-order valence-corrected chi connectivity index (χ3v) is 4.09. The summed E-state index contributed by atoms with van der Waals surface area (Å²) in [6.07, 6.45) is 1.62. The number of carbonyl (C=O) groups is 3. The van der Waals surface area contributed by atoms with Crippen LogP contribution in [0, 0.1) is 13.8 Å². The number of nitrogens with one attached hydrogen (secondary N) is 2. The molecule has 0 aliphatic carbocycles. The third kappa shape index (κ3) is 3.80. The molecule has 1 aliphatic rings. The minimum absolute atomic E-state index is 0.160. The summed E-state index contributed by atoms with van der Waals surface area (Å²) in [5.74, 6) is -0.952. The Balaban J connectivity index is 1.70. The highest BCUT2D eigenvalue weighted by Gasteiger charge is 2.34. The van der Waals surface area contributed by atoms with E-state index in [-0.39, 0.29) is 12.2 Å². The monoisotopic (exact) mass is 349 g/mol. The summed E-state index contributed by atoms with van der Waals surface area (Å²) in [5.41, 5.74) is 3.67. The quantitative estimate of drug-likeness (QED) is 0.658. The Bertz CT molecular complexity index is 901. The average molecular weight is 349 g/mol. The van der Waals surface area contributed by atoms with Crippen molar-refractivity contribution in [3.63, 3.8) is 0 Å². The van der Waals surface area contributed by atoms with Crippen molar-refractivity contribution in [1.82, 2.24) is 10.2 Å². The number of nitrogens with zero attached hydrogens (tertiary/aromatic N) is 1.